The fourth-order valence-electron chi connectivity index (χ4n) is 0.123. The smallest absolute Gasteiger partial charge is 0.320 e. The van der Waals surface area contributed by atoms with E-state index < -0.39 is 12.0 Å². The molecule has 0 fully saturated rings. The molecule has 0 aliphatic carbocycles. The summed E-state index contributed by atoms with van der Waals surface area (Å²) in [6.45, 7) is 1.59. The highest BCUT2D eigenvalue weighted by Gasteiger charge is 2.04. The van der Waals surface area contributed by atoms with Crippen molar-refractivity contribution in [2.45, 2.75) is 13.0 Å². The Bertz CT molecular complexity index is 76.4. The first-order valence-corrected chi connectivity index (χ1v) is 2.08. The number of nitrogens with one attached hydrogen (secondary N) is 1. The van der Waals surface area contributed by atoms with Gasteiger partial charge in [-0.1, -0.05) is 0 Å². The van der Waals surface area contributed by atoms with Crippen molar-refractivity contribution >= 4 is 19.5 Å². The standard InChI is InChI=1S/C4H9NO2.H2S/c1-3(5-2)4(6)7;/h3,5H,1-2H3,(H,6,7);1H2/t3-;/m0./s1. The molecular formula is C4H11NO2S. The Labute approximate surface area is 55.5 Å². The predicted octanol–water partition coefficient (Wildman–Crippen LogP) is -0.208. The second-order valence-electron chi connectivity index (χ2n) is 1.35. The van der Waals surface area contributed by atoms with E-state index in [4.69, 9.17) is 5.11 Å². The first kappa shape index (κ1) is 10.7. The van der Waals surface area contributed by atoms with E-state index in [1.807, 2.05) is 0 Å². The highest BCUT2D eigenvalue weighted by Crippen LogP contribution is 1.74. The average Bonchev–Trinajstić information content (AvgIpc) is 1.65. The molecule has 4 heteroatoms. The summed E-state index contributed by atoms with van der Waals surface area (Å²) >= 11 is 0. The van der Waals surface area contributed by atoms with Crippen LogP contribution in [0.3, 0.4) is 0 Å². The molecule has 0 bridgehead atoms. The number of likely N-dealkylation sites (N-methyl/N-ethyl adjacent to an activating group) is 1. The summed E-state index contributed by atoms with van der Waals surface area (Å²) in [5.41, 5.74) is 0. The summed E-state index contributed by atoms with van der Waals surface area (Å²) < 4.78 is 0. The molecule has 0 spiro atoms. The number of aliphatic carboxylic acids is 1. The van der Waals surface area contributed by atoms with Crippen LogP contribution in [-0.2, 0) is 4.79 Å². The van der Waals surface area contributed by atoms with Crippen LogP contribution in [0.25, 0.3) is 0 Å². The minimum Gasteiger partial charge on any atom is -0.480 e. The molecule has 0 rings (SSSR count). The second kappa shape index (κ2) is 4.93. The lowest BCUT2D eigenvalue weighted by Crippen LogP contribution is -2.29. The fraction of sp³-hybridized carbons (Fsp3) is 0.750. The third-order valence-electron chi connectivity index (χ3n) is 0.803. The maximum atomic E-state index is 9.87. The highest BCUT2D eigenvalue weighted by molar-refractivity contribution is 7.59. The Kier molecular flexibility index (Phi) is 6.59. The Balaban J connectivity index is 0. The molecular weight excluding hydrogens is 126 g/mol. The monoisotopic (exact) mass is 137 g/mol. The van der Waals surface area contributed by atoms with Crippen molar-refractivity contribution in [3.63, 3.8) is 0 Å². The molecule has 0 saturated heterocycles. The van der Waals surface area contributed by atoms with Crippen LogP contribution >= 0.6 is 13.5 Å². The van der Waals surface area contributed by atoms with Gasteiger partial charge in [-0.2, -0.15) is 13.5 Å². The molecule has 0 amide bonds. The second-order valence-corrected chi connectivity index (χ2v) is 1.35. The Morgan fingerprint density at radius 3 is 2.12 bits per heavy atom. The summed E-state index contributed by atoms with van der Waals surface area (Å²) in [7, 11) is 1.61. The Hall–Kier alpha value is -0.220. The molecule has 1 atom stereocenters. The minimum atomic E-state index is -0.817. The molecule has 50 valence electrons. The van der Waals surface area contributed by atoms with E-state index >= 15 is 0 Å². The summed E-state index contributed by atoms with van der Waals surface area (Å²) in [6, 6.07) is -0.431. The van der Waals surface area contributed by atoms with E-state index in [1.165, 1.54) is 0 Å². The third-order valence-corrected chi connectivity index (χ3v) is 0.803. The lowest BCUT2D eigenvalue weighted by atomic mass is 10.4. The van der Waals surface area contributed by atoms with Gasteiger partial charge in [0.25, 0.3) is 0 Å². The van der Waals surface area contributed by atoms with Crippen LogP contribution in [-0.4, -0.2) is 24.2 Å². The van der Waals surface area contributed by atoms with E-state index in [1.54, 1.807) is 14.0 Å². The van der Waals surface area contributed by atoms with Crippen molar-refractivity contribution in [3.05, 3.63) is 0 Å². The molecule has 0 heterocycles. The van der Waals surface area contributed by atoms with E-state index in [9.17, 15) is 4.79 Å². The van der Waals surface area contributed by atoms with Gasteiger partial charge in [-0.3, -0.25) is 4.79 Å². The normalized spacial score (nSPS) is 11.8. The average molecular weight is 137 g/mol. The van der Waals surface area contributed by atoms with Crippen LogP contribution < -0.4 is 5.32 Å². The number of carboxylic acid groups (broad SMARTS) is 1. The zero-order valence-corrected chi connectivity index (χ0v) is 5.93. The van der Waals surface area contributed by atoms with Gasteiger partial charge in [0.1, 0.15) is 6.04 Å². The number of carboxylic acids is 1. The van der Waals surface area contributed by atoms with Gasteiger partial charge < -0.3 is 10.4 Å². The van der Waals surface area contributed by atoms with Crippen molar-refractivity contribution < 1.29 is 9.90 Å². The first-order chi connectivity index (χ1) is 3.18. The number of hydrogen-bond donors (Lipinski definition) is 2. The van der Waals surface area contributed by atoms with Crippen LogP contribution in [0.1, 0.15) is 6.92 Å². The van der Waals surface area contributed by atoms with Crippen LogP contribution in [0.4, 0.5) is 0 Å². The maximum Gasteiger partial charge on any atom is 0.320 e. The SMILES string of the molecule is CN[C@@H](C)C(=O)O.S. The molecule has 0 aromatic carbocycles. The van der Waals surface area contributed by atoms with Gasteiger partial charge in [0.05, 0.1) is 0 Å². The molecule has 0 unspecified atom stereocenters. The van der Waals surface area contributed by atoms with Gasteiger partial charge in [-0.05, 0) is 14.0 Å². The molecule has 0 radical (unpaired) electrons. The Morgan fingerprint density at radius 2 is 2.12 bits per heavy atom. The van der Waals surface area contributed by atoms with Crippen LogP contribution in [0.15, 0.2) is 0 Å². The number of hydrogen-bond acceptors (Lipinski definition) is 2. The molecule has 0 aliphatic heterocycles. The van der Waals surface area contributed by atoms with Crippen LogP contribution in [0.5, 0.6) is 0 Å². The quantitative estimate of drug-likeness (QED) is 0.553. The fourth-order valence-corrected chi connectivity index (χ4v) is 0.123. The lowest BCUT2D eigenvalue weighted by molar-refractivity contribution is -0.138. The first-order valence-electron chi connectivity index (χ1n) is 2.08. The number of rotatable bonds is 2. The third kappa shape index (κ3) is 3.95. The van der Waals surface area contributed by atoms with Crippen LogP contribution in [0.2, 0.25) is 0 Å². The highest BCUT2D eigenvalue weighted by atomic mass is 32.1. The van der Waals surface area contributed by atoms with E-state index in [0.29, 0.717) is 0 Å². The summed E-state index contributed by atoms with van der Waals surface area (Å²) in [5.74, 6) is -0.817. The Morgan fingerprint density at radius 1 is 1.75 bits per heavy atom. The van der Waals surface area contributed by atoms with Gasteiger partial charge >= 0.3 is 5.97 Å². The van der Waals surface area contributed by atoms with Gasteiger partial charge in [-0.25, -0.2) is 0 Å². The maximum absolute atomic E-state index is 9.87. The molecule has 0 aromatic heterocycles. The van der Waals surface area contributed by atoms with E-state index in [0.717, 1.165) is 0 Å². The van der Waals surface area contributed by atoms with Gasteiger partial charge in [0.15, 0.2) is 0 Å². The van der Waals surface area contributed by atoms with Crippen molar-refractivity contribution in [2.75, 3.05) is 7.05 Å². The molecule has 2 N–H and O–H groups in total. The molecule has 0 saturated carbocycles. The lowest BCUT2D eigenvalue weighted by Gasteiger charge is -1.99. The molecule has 0 aromatic rings. The van der Waals surface area contributed by atoms with Crippen molar-refractivity contribution in [3.8, 4) is 0 Å². The molecule has 0 aliphatic rings. The predicted molar refractivity (Wildman–Crippen MR) is 36.5 cm³/mol. The summed E-state index contributed by atoms with van der Waals surface area (Å²) in [6.07, 6.45) is 0. The van der Waals surface area contributed by atoms with Crippen molar-refractivity contribution in [1.29, 1.82) is 0 Å². The largest absolute Gasteiger partial charge is 0.480 e. The molecule has 3 nitrogen and oxygen atoms in total. The summed E-state index contributed by atoms with van der Waals surface area (Å²) in [5, 5.41) is 10.7. The molecule has 8 heavy (non-hydrogen) atoms. The van der Waals surface area contributed by atoms with Crippen LogP contribution in [0, 0.1) is 0 Å². The van der Waals surface area contributed by atoms with Gasteiger partial charge in [0.2, 0.25) is 0 Å². The van der Waals surface area contributed by atoms with Gasteiger partial charge in [-0.15, -0.1) is 0 Å². The van der Waals surface area contributed by atoms with E-state index in [2.05, 4.69) is 5.32 Å². The van der Waals surface area contributed by atoms with Gasteiger partial charge in [0, 0.05) is 0 Å². The topological polar surface area (TPSA) is 49.3 Å². The summed E-state index contributed by atoms with van der Waals surface area (Å²) in [4.78, 5) is 9.87. The zero-order valence-electron chi connectivity index (χ0n) is 4.93. The zero-order chi connectivity index (χ0) is 5.86. The van der Waals surface area contributed by atoms with Crippen molar-refractivity contribution in [1.82, 2.24) is 5.32 Å². The minimum absolute atomic E-state index is 0. The van der Waals surface area contributed by atoms with Crippen molar-refractivity contribution in [2.24, 2.45) is 0 Å². The number of carbonyl (C=O) groups is 1. The van der Waals surface area contributed by atoms with E-state index in [-0.39, 0.29) is 13.5 Å².